The number of aliphatic hydroxyl groups excluding tert-OH is 4. The maximum absolute atomic E-state index is 12.0. The van der Waals surface area contributed by atoms with Gasteiger partial charge in [0, 0.05) is 0 Å². The van der Waals surface area contributed by atoms with Crippen molar-refractivity contribution in [1.82, 2.24) is 0 Å². The summed E-state index contributed by atoms with van der Waals surface area (Å²) >= 11 is 0. The summed E-state index contributed by atoms with van der Waals surface area (Å²) in [7, 11) is 0. The van der Waals surface area contributed by atoms with Crippen LogP contribution in [0.5, 0.6) is 0 Å². The third-order valence-corrected chi connectivity index (χ3v) is 8.28. The molecule has 0 saturated heterocycles. The van der Waals surface area contributed by atoms with E-state index in [-0.39, 0.29) is 98.0 Å². The Bertz CT molecular complexity index is 789. The van der Waals surface area contributed by atoms with Crippen LogP contribution >= 0.6 is 0 Å². The SMILES string of the molecule is CC(C)C(C(=O)OC(CO)CO)C(C)C.CCC(CO)OC(=O)C(CC(C)C)C(C)C.CCC(CO)OC(=O)C(CCC(C)C)C(C)C. The molecule has 10 heteroatoms. The van der Waals surface area contributed by atoms with E-state index in [9.17, 15) is 14.4 Å². The summed E-state index contributed by atoms with van der Waals surface area (Å²) in [4.78, 5) is 35.6. The number of hydrogen-bond acceptors (Lipinski definition) is 10. The second-order valence-electron chi connectivity index (χ2n) is 15.0. The number of ether oxygens (including phenoxy) is 3. The molecule has 0 amide bonds. The number of aliphatic hydroxyl groups is 4. The number of carbonyl (C=O) groups excluding carboxylic acids is 3. The van der Waals surface area contributed by atoms with Crippen LogP contribution in [0.4, 0.5) is 0 Å². The maximum atomic E-state index is 12.0. The molecule has 0 radical (unpaired) electrons. The largest absolute Gasteiger partial charge is 0.460 e. The van der Waals surface area contributed by atoms with Gasteiger partial charge in [0.25, 0.3) is 0 Å². The van der Waals surface area contributed by atoms with E-state index in [1.54, 1.807) is 0 Å². The van der Waals surface area contributed by atoms with Gasteiger partial charge >= 0.3 is 17.9 Å². The summed E-state index contributed by atoms with van der Waals surface area (Å²) in [5, 5.41) is 35.6. The number of hydrogen-bond donors (Lipinski definition) is 4. The van der Waals surface area contributed by atoms with E-state index in [0.29, 0.717) is 24.7 Å². The fourth-order valence-corrected chi connectivity index (χ4v) is 5.08. The minimum absolute atomic E-state index is 0.0435. The Balaban J connectivity index is -0.000000634. The van der Waals surface area contributed by atoms with Crippen molar-refractivity contribution in [2.24, 2.45) is 53.3 Å². The molecular weight excluding hydrogens is 616 g/mol. The van der Waals surface area contributed by atoms with Gasteiger partial charge in [0.05, 0.1) is 44.2 Å². The van der Waals surface area contributed by atoms with Crippen molar-refractivity contribution < 1.29 is 49.0 Å². The first-order valence-electron chi connectivity index (χ1n) is 18.3. The van der Waals surface area contributed by atoms with Crippen molar-refractivity contribution in [1.29, 1.82) is 0 Å². The lowest BCUT2D eigenvalue weighted by molar-refractivity contribution is -0.162. The first-order valence-corrected chi connectivity index (χ1v) is 18.3. The highest BCUT2D eigenvalue weighted by Crippen LogP contribution is 2.24. The smallest absolute Gasteiger partial charge is 0.309 e. The molecule has 0 spiro atoms. The van der Waals surface area contributed by atoms with Crippen molar-refractivity contribution in [3.05, 3.63) is 0 Å². The standard InChI is InChI=1S/C14H28O3.C13H26O3.C11H22O4/c1-6-12(9-15)17-14(16)13(11(4)5)8-7-10(2)3;1-6-11(8-14)16-13(15)12(10(4)5)7-9(2)3;1-7(2)10(8(3)4)11(14)15-9(5-12)6-13/h10-13,15H,6-9H2,1-5H3;9-12,14H,6-8H2,1-5H3;7-10,12-13H,5-6H2,1-4H3. The molecule has 0 rings (SSSR count). The van der Waals surface area contributed by atoms with Gasteiger partial charge in [-0.15, -0.1) is 0 Å². The lowest BCUT2D eigenvalue weighted by Crippen LogP contribution is -2.33. The highest BCUT2D eigenvalue weighted by atomic mass is 16.6. The molecule has 0 aromatic carbocycles. The van der Waals surface area contributed by atoms with Crippen molar-refractivity contribution in [2.75, 3.05) is 26.4 Å². The number of esters is 3. The van der Waals surface area contributed by atoms with Gasteiger partial charge < -0.3 is 34.6 Å². The van der Waals surface area contributed by atoms with Crippen molar-refractivity contribution >= 4 is 17.9 Å². The Labute approximate surface area is 293 Å². The maximum Gasteiger partial charge on any atom is 0.309 e. The van der Waals surface area contributed by atoms with Crippen molar-refractivity contribution in [2.45, 2.75) is 147 Å². The van der Waals surface area contributed by atoms with Crippen LogP contribution in [0.25, 0.3) is 0 Å². The van der Waals surface area contributed by atoms with E-state index < -0.39 is 6.10 Å². The van der Waals surface area contributed by atoms with Gasteiger partial charge in [0.2, 0.25) is 0 Å². The molecule has 0 aromatic heterocycles. The summed E-state index contributed by atoms with van der Waals surface area (Å²) in [5.74, 6) is 1.09. The topological polar surface area (TPSA) is 160 Å². The molecule has 4 atom stereocenters. The van der Waals surface area contributed by atoms with E-state index in [2.05, 4.69) is 27.7 Å². The average molecular weight is 693 g/mol. The lowest BCUT2D eigenvalue weighted by Gasteiger charge is -2.24. The lowest BCUT2D eigenvalue weighted by atomic mass is 9.86. The first-order chi connectivity index (χ1) is 22.3. The van der Waals surface area contributed by atoms with Gasteiger partial charge in [0.1, 0.15) is 18.3 Å². The zero-order chi connectivity index (χ0) is 38.1. The van der Waals surface area contributed by atoms with E-state index in [4.69, 9.17) is 34.6 Å². The fraction of sp³-hybridized carbons (Fsp3) is 0.921. The van der Waals surface area contributed by atoms with Crippen LogP contribution < -0.4 is 0 Å². The molecule has 0 aromatic rings. The molecule has 0 saturated carbocycles. The molecule has 4 N–H and O–H groups in total. The van der Waals surface area contributed by atoms with Gasteiger partial charge in [-0.25, -0.2) is 0 Å². The molecule has 0 aliphatic carbocycles. The van der Waals surface area contributed by atoms with Gasteiger partial charge in [-0.1, -0.05) is 103 Å². The Kier molecular flexibility index (Phi) is 30.6. The predicted molar refractivity (Wildman–Crippen MR) is 192 cm³/mol. The van der Waals surface area contributed by atoms with Crippen molar-refractivity contribution in [3.8, 4) is 0 Å². The zero-order valence-electron chi connectivity index (χ0n) is 33.0. The Morgan fingerprint density at radius 3 is 1.08 bits per heavy atom. The Morgan fingerprint density at radius 2 is 0.812 bits per heavy atom. The molecule has 4 unspecified atom stereocenters. The highest BCUT2D eigenvalue weighted by molar-refractivity contribution is 5.73. The monoisotopic (exact) mass is 693 g/mol. The van der Waals surface area contributed by atoms with Crippen LogP contribution in [0.15, 0.2) is 0 Å². The van der Waals surface area contributed by atoms with Crippen LogP contribution in [-0.2, 0) is 28.6 Å². The predicted octanol–water partition coefficient (Wildman–Crippen LogP) is 6.44. The second kappa shape index (κ2) is 29.0. The van der Waals surface area contributed by atoms with Crippen LogP contribution in [0.1, 0.15) is 129 Å². The summed E-state index contributed by atoms with van der Waals surface area (Å²) in [6.07, 6.45) is 2.59. The van der Waals surface area contributed by atoms with Gasteiger partial charge in [-0.3, -0.25) is 14.4 Å². The summed E-state index contributed by atoms with van der Waals surface area (Å²) in [5.41, 5.74) is 0. The fourth-order valence-electron chi connectivity index (χ4n) is 5.08. The Morgan fingerprint density at radius 1 is 0.458 bits per heavy atom. The van der Waals surface area contributed by atoms with E-state index in [0.717, 1.165) is 19.3 Å². The zero-order valence-corrected chi connectivity index (χ0v) is 33.0. The molecule has 10 nitrogen and oxygen atoms in total. The van der Waals surface area contributed by atoms with E-state index in [1.807, 2.05) is 69.2 Å². The molecular formula is C38H76O10. The van der Waals surface area contributed by atoms with Crippen LogP contribution in [-0.4, -0.2) is 83.1 Å². The summed E-state index contributed by atoms with van der Waals surface area (Å²) < 4.78 is 15.6. The van der Waals surface area contributed by atoms with E-state index >= 15 is 0 Å². The number of rotatable bonds is 21. The average Bonchev–Trinajstić information content (AvgIpc) is 2.99. The first kappa shape index (κ1) is 50.6. The van der Waals surface area contributed by atoms with Gasteiger partial charge in [-0.2, -0.15) is 0 Å². The molecule has 288 valence electrons. The van der Waals surface area contributed by atoms with Crippen molar-refractivity contribution in [3.63, 3.8) is 0 Å². The Hall–Kier alpha value is -1.75. The highest BCUT2D eigenvalue weighted by Gasteiger charge is 2.29. The molecule has 0 aliphatic rings. The second-order valence-corrected chi connectivity index (χ2v) is 15.0. The van der Waals surface area contributed by atoms with E-state index in [1.165, 1.54) is 0 Å². The minimum atomic E-state index is -0.794. The molecule has 0 heterocycles. The quantitative estimate of drug-likeness (QED) is 0.0779. The van der Waals surface area contributed by atoms with Crippen LogP contribution in [0, 0.1) is 53.3 Å². The summed E-state index contributed by atoms with van der Waals surface area (Å²) in [6.45, 7) is 27.5. The molecule has 48 heavy (non-hydrogen) atoms. The molecule has 0 bridgehead atoms. The van der Waals surface area contributed by atoms with Crippen LogP contribution in [0.2, 0.25) is 0 Å². The third kappa shape index (κ3) is 23.6. The molecule has 0 aliphatic heterocycles. The summed E-state index contributed by atoms with van der Waals surface area (Å²) in [6, 6.07) is 0. The minimum Gasteiger partial charge on any atom is -0.460 e. The third-order valence-electron chi connectivity index (χ3n) is 8.28. The number of carbonyl (C=O) groups is 3. The normalized spacial score (nSPS) is 14.1. The molecule has 0 fully saturated rings. The van der Waals surface area contributed by atoms with Crippen LogP contribution in [0.3, 0.4) is 0 Å². The van der Waals surface area contributed by atoms with Gasteiger partial charge in [0.15, 0.2) is 0 Å². The van der Waals surface area contributed by atoms with Gasteiger partial charge in [-0.05, 0) is 61.2 Å².